The second kappa shape index (κ2) is 6.02. The first-order chi connectivity index (χ1) is 9.15. The lowest BCUT2D eigenvalue weighted by molar-refractivity contribution is 0.0606. The van der Waals surface area contributed by atoms with E-state index >= 15 is 0 Å². The van der Waals surface area contributed by atoms with Crippen LogP contribution in [0.2, 0.25) is 0 Å². The zero-order chi connectivity index (χ0) is 13.8. The van der Waals surface area contributed by atoms with Gasteiger partial charge in [-0.05, 0) is 23.6 Å². The predicted molar refractivity (Wildman–Crippen MR) is 81.7 cm³/mol. The number of benzene rings is 1. The minimum Gasteiger partial charge on any atom is -0.465 e. The normalized spacial score (nSPS) is 13.0. The van der Waals surface area contributed by atoms with Gasteiger partial charge in [-0.25, -0.2) is 4.79 Å². The smallest absolute Gasteiger partial charge is 0.348 e. The number of esters is 1. The Labute approximate surface area is 117 Å². The van der Waals surface area contributed by atoms with Crippen molar-refractivity contribution in [1.82, 2.24) is 0 Å². The summed E-state index contributed by atoms with van der Waals surface area (Å²) in [6.45, 7) is 4.37. The molecule has 19 heavy (non-hydrogen) atoms. The maximum atomic E-state index is 11.6. The molecule has 2 aromatic rings. The number of ether oxygens (including phenoxy) is 1. The third kappa shape index (κ3) is 3.04. The Balaban J connectivity index is 2.42. The number of allylic oxidation sites excluding steroid dienone is 1. The van der Waals surface area contributed by atoms with Crippen molar-refractivity contribution in [2.24, 2.45) is 5.92 Å². The van der Waals surface area contributed by atoms with E-state index in [0.717, 1.165) is 22.1 Å². The van der Waals surface area contributed by atoms with Crippen molar-refractivity contribution in [2.45, 2.75) is 20.3 Å². The van der Waals surface area contributed by atoms with Gasteiger partial charge in [-0.3, -0.25) is 0 Å². The first-order valence-corrected chi connectivity index (χ1v) is 7.26. The fourth-order valence-corrected chi connectivity index (χ4v) is 2.85. The van der Waals surface area contributed by atoms with Crippen LogP contribution in [0.15, 0.2) is 30.3 Å². The zero-order valence-electron chi connectivity index (χ0n) is 11.5. The minimum atomic E-state index is -0.266. The van der Waals surface area contributed by atoms with E-state index in [1.165, 1.54) is 18.4 Å². The van der Waals surface area contributed by atoms with Gasteiger partial charge >= 0.3 is 5.97 Å². The number of hydrogen-bond donors (Lipinski definition) is 0. The highest BCUT2D eigenvalue weighted by Gasteiger charge is 2.11. The summed E-state index contributed by atoms with van der Waals surface area (Å²) >= 11 is 1.48. The highest BCUT2D eigenvalue weighted by molar-refractivity contribution is 7.20. The second-order valence-corrected chi connectivity index (χ2v) is 5.69. The van der Waals surface area contributed by atoms with E-state index in [2.05, 4.69) is 32.1 Å². The Bertz CT molecular complexity index is 610. The Morgan fingerprint density at radius 1 is 1.47 bits per heavy atom. The molecule has 0 spiro atoms. The molecule has 1 aromatic heterocycles. The van der Waals surface area contributed by atoms with Gasteiger partial charge in [-0.2, -0.15) is 0 Å². The highest BCUT2D eigenvalue weighted by Crippen LogP contribution is 2.29. The Morgan fingerprint density at radius 2 is 2.26 bits per heavy atom. The van der Waals surface area contributed by atoms with Crippen molar-refractivity contribution in [3.63, 3.8) is 0 Å². The van der Waals surface area contributed by atoms with Gasteiger partial charge in [0, 0.05) is 10.1 Å². The summed E-state index contributed by atoms with van der Waals surface area (Å²) in [4.78, 5) is 12.2. The van der Waals surface area contributed by atoms with E-state index in [1.54, 1.807) is 0 Å². The van der Waals surface area contributed by atoms with Gasteiger partial charge in [-0.15, -0.1) is 11.3 Å². The molecule has 0 saturated carbocycles. The molecule has 1 aromatic carbocycles. The van der Waals surface area contributed by atoms with Crippen LogP contribution in [0.1, 0.15) is 35.5 Å². The molecule has 0 radical (unpaired) electrons. The van der Waals surface area contributed by atoms with Crippen LogP contribution in [0, 0.1) is 5.92 Å². The van der Waals surface area contributed by atoms with Crippen molar-refractivity contribution in [3.8, 4) is 0 Å². The fourth-order valence-electron chi connectivity index (χ4n) is 1.83. The van der Waals surface area contributed by atoms with E-state index in [-0.39, 0.29) is 5.97 Å². The van der Waals surface area contributed by atoms with Gasteiger partial charge in [0.25, 0.3) is 0 Å². The molecule has 0 aliphatic rings. The Kier molecular flexibility index (Phi) is 4.38. The molecule has 0 saturated heterocycles. The Morgan fingerprint density at radius 3 is 2.95 bits per heavy atom. The summed E-state index contributed by atoms with van der Waals surface area (Å²) in [5.74, 6) is 0.298. The van der Waals surface area contributed by atoms with Crippen LogP contribution in [-0.4, -0.2) is 13.1 Å². The molecular formula is C16H18O2S. The van der Waals surface area contributed by atoms with Crippen LogP contribution in [0.25, 0.3) is 16.2 Å². The molecule has 3 heteroatoms. The van der Waals surface area contributed by atoms with Gasteiger partial charge in [0.05, 0.1) is 7.11 Å². The SMILES string of the molecule is CC[C@@H](C)/C=C/c1cccc2sc(C(=O)OC)cc12. The molecule has 0 N–H and O–H groups in total. The molecule has 0 aliphatic heterocycles. The van der Waals surface area contributed by atoms with Gasteiger partial charge in [0.15, 0.2) is 0 Å². The van der Waals surface area contributed by atoms with E-state index in [9.17, 15) is 4.79 Å². The van der Waals surface area contributed by atoms with E-state index in [0.29, 0.717) is 10.8 Å². The average molecular weight is 274 g/mol. The standard InChI is InChI=1S/C16H18O2S/c1-4-11(2)8-9-12-6-5-7-14-13(12)10-15(19-14)16(17)18-3/h5-11H,4H2,1-3H3/b9-8+/t11-/m1/s1. The molecular weight excluding hydrogens is 256 g/mol. The predicted octanol–water partition coefficient (Wildman–Crippen LogP) is 4.75. The quantitative estimate of drug-likeness (QED) is 0.752. The summed E-state index contributed by atoms with van der Waals surface area (Å²) in [6.07, 6.45) is 5.48. The molecule has 0 amide bonds. The van der Waals surface area contributed by atoms with Crippen LogP contribution < -0.4 is 0 Å². The van der Waals surface area contributed by atoms with Gasteiger partial charge in [0.1, 0.15) is 4.88 Å². The number of methoxy groups -OCH3 is 1. The summed E-state index contributed by atoms with van der Waals surface area (Å²) < 4.78 is 5.89. The number of hydrogen-bond acceptors (Lipinski definition) is 3. The molecule has 1 heterocycles. The summed E-state index contributed by atoms with van der Waals surface area (Å²) in [5, 5.41) is 1.12. The molecule has 100 valence electrons. The van der Waals surface area contributed by atoms with Crippen molar-refractivity contribution in [2.75, 3.05) is 7.11 Å². The van der Waals surface area contributed by atoms with Crippen LogP contribution in [0.5, 0.6) is 0 Å². The summed E-state index contributed by atoms with van der Waals surface area (Å²) in [5.41, 5.74) is 1.16. The molecule has 0 aliphatic carbocycles. The van der Waals surface area contributed by atoms with Crippen LogP contribution in [-0.2, 0) is 4.74 Å². The van der Waals surface area contributed by atoms with Crippen molar-refractivity contribution in [1.29, 1.82) is 0 Å². The molecule has 0 unspecified atom stereocenters. The van der Waals surface area contributed by atoms with E-state index in [1.807, 2.05) is 18.2 Å². The number of fused-ring (bicyclic) bond motifs is 1. The van der Waals surface area contributed by atoms with Crippen LogP contribution >= 0.6 is 11.3 Å². The maximum absolute atomic E-state index is 11.6. The van der Waals surface area contributed by atoms with Crippen LogP contribution in [0.4, 0.5) is 0 Å². The number of rotatable bonds is 4. The van der Waals surface area contributed by atoms with E-state index < -0.39 is 0 Å². The molecule has 0 bridgehead atoms. The number of carbonyl (C=O) groups excluding carboxylic acids is 1. The number of thiophene rings is 1. The second-order valence-electron chi connectivity index (χ2n) is 4.61. The third-order valence-corrected chi connectivity index (χ3v) is 4.31. The first-order valence-electron chi connectivity index (χ1n) is 6.44. The van der Waals surface area contributed by atoms with Crippen LogP contribution in [0.3, 0.4) is 0 Å². The van der Waals surface area contributed by atoms with Crippen molar-refractivity contribution >= 4 is 33.5 Å². The lowest BCUT2D eigenvalue weighted by Gasteiger charge is -2.00. The monoisotopic (exact) mass is 274 g/mol. The van der Waals surface area contributed by atoms with Gasteiger partial charge < -0.3 is 4.74 Å². The molecule has 1 atom stereocenters. The lowest BCUT2D eigenvalue weighted by Crippen LogP contribution is -1.96. The topological polar surface area (TPSA) is 26.3 Å². The third-order valence-electron chi connectivity index (χ3n) is 3.23. The largest absolute Gasteiger partial charge is 0.465 e. The molecule has 2 nitrogen and oxygen atoms in total. The van der Waals surface area contributed by atoms with Crippen molar-refractivity contribution < 1.29 is 9.53 Å². The minimum absolute atomic E-state index is 0.266. The van der Waals surface area contributed by atoms with Crippen molar-refractivity contribution in [3.05, 3.63) is 40.8 Å². The number of carbonyl (C=O) groups is 1. The molecule has 0 fully saturated rings. The lowest BCUT2D eigenvalue weighted by atomic mass is 10.0. The fraction of sp³-hybridized carbons (Fsp3) is 0.312. The highest BCUT2D eigenvalue weighted by atomic mass is 32.1. The zero-order valence-corrected chi connectivity index (χ0v) is 12.3. The Hall–Kier alpha value is -1.61. The summed E-state index contributed by atoms with van der Waals surface area (Å²) in [6, 6.07) is 8.06. The average Bonchev–Trinajstić information content (AvgIpc) is 2.88. The molecule has 2 rings (SSSR count). The van der Waals surface area contributed by atoms with E-state index in [4.69, 9.17) is 4.74 Å². The van der Waals surface area contributed by atoms with Gasteiger partial charge in [-0.1, -0.05) is 44.6 Å². The van der Waals surface area contributed by atoms with Gasteiger partial charge in [0.2, 0.25) is 0 Å². The summed E-state index contributed by atoms with van der Waals surface area (Å²) in [7, 11) is 1.41. The first kappa shape index (κ1) is 13.8. The maximum Gasteiger partial charge on any atom is 0.348 e.